The van der Waals surface area contributed by atoms with Gasteiger partial charge in [0.25, 0.3) is 0 Å². The highest BCUT2D eigenvalue weighted by molar-refractivity contribution is 5.97. The Labute approximate surface area is 152 Å². The molecule has 0 aliphatic heterocycles. The molecule has 0 atom stereocenters. The lowest BCUT2D eigenvalue weighted by Crippen LogP contribution is -2.36. The number of methoxy groups -OCH3 is 1. The van der Waals surface area contributed by atoms with Gasteiger partial charge in [0.1, 0.15) is 5.75 Å². The summed E-state index contributed by atoms with van der Waals surface area (Å²) in [6, 6.07) is 4.98. The average molecular weight is 362 g/mol. The third kappa shape index (κ3) is 5.73. The van der Waals surface area contributed by atoms with E-state index in [0.29, 0.717) is 17.1 Å². The second-order valence-corrected chi connectivity index (χ2v) is 6.27. The van der Waals surface area contributed by atoms with Crippen molar-refractivity contribution in [3.63, 3.8) is 0 Å². The monoisotopic (exact) mass is 362 g/mol. The van der Waals surface area contributed by atoms with Gasteiger partial charge in [-0.15, -0.1) is 0 Å². The summed E-state index contributed by atoms with van der Waals surface area (Å²) < 4.78 is 5.29. The number of hydrogen-bond donors (Lipinski definition) is 4. The third-order valence-electron chi connectivity index (χ3n) is 4.35. The van der Waals surface area contributed by atoms with Crippen LogP contribution in [0.4, 0.5) is 11.4 Å². The van der Waals surface area contributed by atoms with Crippen LogP contribution in [0.1, 0.15) is 32.1 Å². The second-order valence-electron chi connectivity index (χ2n) is 6.27. The SMILES string of the molecule is COc1ccc(NC(=O)CNC(=O)CN)cc1NC(=O)C1CCCCC1. The van der Waals surface area contributed by atoms with Crippen molar-refractivity contribution in [3.05, 3.63) is 18.2 Å². The van der Waals surface area contributed by atoms with Gasteiger partial charge in [0, 0.05) is 11.6 Å². The molecule has 26 heavy (non-hydrogen) atoms. The average Bonchev–Trinajstić information content (AvgIpc) is 2.67. The van der Waals surface area contributed by atoms with Gasteiger partial charge in [-0.1, -0.05) is 19.3 Å². The largest absolute Gasteiger partial charge is 0.495 e. The van der Waals surface area contributed by atoms with Crippen LogP contribution in [0.2, 0.25) is 0 Å². The van der Waals surface area contributed by atoms with Crippen molar-refractivity contribution in [2.24, 2.45) is 11.7 Å². The standard InChI is InChI=1S/C18H26N4O4/c1-26-15-8-7-13(21-17(24)11-20-16(23)10-19)9-14(15)22-18(25)12-5-3-2-4-6-12/h7-9,12H,2-6,10-11,19H2,1H3,(H,20,23)(H,21,24)(H,22,25). The molecule has 5 N–H and O–H groups in total. The van der Waals surface area contributed by atoms with Gasteiger partial charge in [0.15, 0.2) is 0 Å². The van der Waals surface area contributed by atoms with Gasteiger partial charge >= 0.3 is 0 Å². The molecule has 1 aromatic carbocycles. The van der Waals surface area contributed by atoms with Crippen molar-refractivity contribution in [3.8, 4) is 5.75 Å². The van der Waals surface area contributed by atoms with Crippen LogP contribution < -0.4 is 26.4 Å². The molecular formula is C18H26N4O4. The Morgan fingerprint density at radius 3 is 2.50 bits per heavy atom. The van der Waals surface area contributed by atoms with E-state index < -0.39 is 5.91 Å². The summed E-state index contributed by atoms with van der Waals surface area (Å²) in [6.07, 6.45) is 5.10. The molecule has 0 saturated heterocycles. The van der Waals surface area contributed by atoms with E-state index in [4.69, 9.17) is 10.5 Å². The number of nitrogens with one attached hydrogen (secondary N) is 3. The van der Waals surface area contributed by atoms with Crippen LogP contribution in [0.5, 0.6) is 5.75 Å². The van der Waals surface area contributed by atoms with Gasteiger partial charge in [-0.25, -0.2) is 0 Å². The van der Waals surface area contributed by atoms with Gasteiger partial charge in [-0.3, -0.25) is 14.4 Å². The molecule has 1 aliphatic carbocycles. The van der Waals surface area contributed by atoms with Crippen LogP contribution in [-0.2, 0) is 14.4 Å². The van der Waals surface area contributed by atoms with E-state index >= 15 is 0 Å². The Kier molecular flexibility index (Phi) is 7.40. The lowest BCUT2D eigenvalue weighted by Gasteiger charge is -2.21. The highest BCUT2D eigenvalue weighted by Crippen LogP contribution is 2.30. The zero-order valence-corrected chi connectivity index (χ0v) is 15.0. The first-order chi connectivity index (χ1) is 12.5. The quantitative estimate of drug-likeness (QED) is 0.581. The maximum absolute atomic E-state index is 12.5. The van der Waals surface area contributed by atoms with Crippen LogP contribution in [0.3, 0.4) is 0 Å². The van der Waals surface area contributed by atoms with Gasteiger partial charge in [-0.2, -0.15) is 0 Å². The van der Waals surface area contributed by atoms with Gasteiger partial charge in [0.2, 0.25) is 17.7 Å². The summed E-state index contributed by atoms with van der Waals surface area (Å²) in [5, 5.41) is 7.96. The normalized spacial score (nSPS) is 14.4. The molecule has 0 heterocycles. The molecular weight excluding hydrogens is 336 g/mol. The predicted molar refractivity (Wildman–Crippen MR) is 98.9 cm³/mol. The number of hydrogen-bond acceptors (Lipinski definition) is 5. The zero-order valence-electron chi connectivity index (χ0n) is 15.0. The number of ether oxygens (including phenoxy) is 1. The maximum atomic E-state index is 12.5. The summed E-state index contributed by atoms with van der Waals surface area (Å²) >= 11 is 0. The van der Waals surface area contributed by atoms with Gasteiger partial charge in [0.05, 0.1) is 25.9 Å². The van der Waals surface area contributed by atoms with E-state index in [9.17, 15) is 14.4 Å². The summed E-state index contributed by atoms with van der Waals surface area (Å²) in [7, 11) is 1.52. The number of carbonyl (C=O) groups excluding carboxylic acids is 3. The molecule has 0 bridgehead atoms. The predicted octanol–water partition coefficient (Wildman–Crippen LogP) is 1.23. The van der Waals surface area contributed by atoms with Gasteiger partial charge in [-0.05, 0) is 31.0 Å². The number of benzene rings is 1. The van der Waals surface area contributed by atoms with Crippen LogP contribution >= 0.6 is 0 Å². The molecule has 0 radical (unpaired) electrons. The first kappa shape index (κ1) is 19.7. The van der Waals surface area contributed by atoms with E-state index in [-0.39, 0.29) is 30.8 Å². The Bertz CT molecular complexity index is 657. The maximum Gasteiger partial charge on any atom is 0.243 e. The van der Waals surface area contributed by atoms with E-state index in [2.05, 4.69) is 16.0 Å². The molecule has 0 unspecified atom stereocenters. The number of nitrogens with two attached hydrogens (primary N) is 1. The molecule has 1 aromatic rings. The Morgan fingerprint density at radius 2 is 1.85 bits per heavy atom. The van der Waals surface area contributed by atoms with E-state index in [0.717, 1.165) is 25.7 Å². The molecule has 3 amide bonds. The van der Waals surface area contributed by atoms with Crippen LogP contribution in [0.15, 0.2) is 18.2 Å². The minimum Gasteiger partial charge on any atom is -0.495 e. The summed E-state index contributed by atoms with van der Waals surface area (Å²) in [5.41, 5.74) is 6.18. The van der Waals surface area contributed by atoms with Gasteiger partial charge < -0.3 is 26.4 Å². The Balaban J connectivity index is 2.01. The minimum atomic E-state index is -0.407. The second kappa shape index (κ2) is 9.76. The van der Waals surface area contributed by atoms with Crippen molar-refractivity contribution < 1.29 is 19.1 Å². The Morgan fingerprint density at radius 1 is 1.12 bits per heavy atom. The molecule has 1 saturated carbocycles. The summed E-state index contributed by atoms with van der Waals surface area (Å²) in [4.78, 5) is 35.4. The Hall–Kier alpha value is -2.61. The highest BCUT2D eigenvalue weighted by atomic mass is 16.5. The van der Waals surface area contributed by atoms with Crippen LogP contribution in [-0.4, -0.2) is 37.9 Å². The number of carbonyl (C=O) groups is 3. The number of rotatable bonds is 7. The molecule has 8 nitrogen and oxygen atoms in total. The van der Waals surface area contributed by atoms with Crippen molar-refractivity contribution in [2.45, 2.75) is 32.1 Å². The van der Waals surface area contributed by atoms with Crippen molar-refractivity contribution in [1.29, 1.82) is 0 Å². The first-order valence-electron chi connectivity index (χ1n) is 8.79. The highest BCUT2D eigenvalue weighted by Gasteiger charge is 2.22. The molecule has 0 aromatic heterocycles. The molecule has 1 fully saturated rings. The fourth-order valence-electron chi connectivity index (χ4n) is 2.94. The van der Waals surface area contributed by atoms with Crippen LogP contribution in [0, 0.1) is 5.92 Å². The van der Waals surface area contributed by atoms with Crippen molar-refractivity contribution in [2.75, 3.05) is 30.8 Å². The zero-order chi connectivity index (χ0) is 18.9. The molecule has 2 rings (SSSR count). The molecule has 0 spiro atoms. The number of anilines is 2. The number of amides is 3. The lowest BCUT2D eigenvalue weighted by molar-refractivity contribution is -0.123. The minimum absolute atomic E-state index is 0.0122. The van der Waals surface area contributed by atoms with E-state index in [1.165, 1.54) is 13.5 Å². The molecule has 8 heteroatoms. The summed E-state index contributed by atoms with van der Waals surface area (Å²) in [6.45, 7) is -0.348. The molecule has 142 valence electrons. The van der Waals surface area contributed by atoms with E-state index in [1.807, 2.05) is 0 Å². The fraction of sp³-hybridized carbons (Fsp3) is 0.500. The smallest absolute Gasteiger partial charge is 0.243 e. The lowest BCUT2D eigenvalue weighted by atomic mass is 9.88. The molecule has 1 aliphatic rings. The van der Waals surface area contributed by atoms with Crippen molar-refractivity contribution >= 4 is 29.1 Å². The third-order valence-corrected chi connectivity index (χ3v) is 4.35. The fourth-order valence-corrected chi connectivity index (χ4v) is 2.94. The topological polar surface area (TPSA) is 123 Å². The van der Waals surface area contributed by atoms with Crippen LogP contribution in [0.25, 0.3) is 0 Å². The van der Waals surface area contributed by atoms with E-state index in [1.54, 1.807) is 18.2 Å². The first-order valence-corrected chi connectivity index (χ1v) is 8.79. The summed E-state index contributed by atoms with van der Waals surface area (Å²) in [5.74, 6) is -0.291. The van der Waals surface area contributed by atoms with Crippen molar-refractivity contribution in [1.82, 2.24) is 5.32 Å².